The Bertz CT molecular complexity index is 770. The molecule has 0 aliphatic rings. The molecule has 1 atom stereocenters. The van der Waals surface area contributed by atoms with Crippen molar-refractivity contribution in [3.8, 4) is 0 Å². The van der Waals surface area contributed by atoms with Crippen LogP contribution in [0.5, 0.6) is 0 Å². The van der Waals surface area contributed by atoms with Gasteiger partial charge in [-0.05, 0) is 51.0 Å². The van der Waals surface area contributed by atoms with Crippen LogP contribution in [0.2, 0.25) is 0 Å². The maximum absolute atomic E-state index is 13.1. The van der Waals surface area contributed by atoms with Gasteiger partial charge in [0.2, 0.25) is 11.8 Å². The monoisotopic (exact) mass is 370 g/mol. The second-order valence-electron chi connectivity index (χ2n) is 7.15. The Labute approximate surface area is 160 Å². The Morgan fingerprint density at radius 3 is 2.07 bits per heavy atom. The molecule has 144 valence electrons. The average Bonchev–Trinajstić information content (AvgIpc) is 2.62. The van der Waals surface area contributed by atoms with Crippen LogP contribution in [0.25, 0.3) is 0 Å². The molecule has 5 heteroatoms. The number of carbonyl (C=O) groups excluding carboxylic acids is 2. The van der Waals surface area contributed by atoms with Crippen LogP contribution in [0.1, 0.15) is 37.5 Å². The molecule has 27 heavy (non-hydrogen) atoms. The molecule has 0 saturated carbocycles. The lowest BCUT2D eigenvalue weighted by Crippen LogP contribution is -2.49. The van der Waals surface area contributed by atoms with Crippen LogP contribution in [0.3, 0.4) is 0 Å². The number of carbonyl (C=O) groups is 2. The smallest absolute Gasteiger partial charge is 0.242 e. The van der Waals surface area contributed by atoms with Gasteiger partial charge in [-0.3, -0.25) is 9.59 Å². The van der Waals surface area contributed by atoms with Crippen LogP contribution in [-0.2, 0) is 22.6 Å². The normalized spacial score (nSPS) is 11.9. The minimum Gasteiger partial charge on any atom is -0.352 e. The van der Waals surface area contributed by atoms with Gasteiger partial charge in [-0.2, -0.15) is 0 Å². The molecule has 2 rings (SSSR count). The van der Waals surface area contributed by atoms with Crippen molar-refractivity contribution < 1.29 is 14.0 Å². The van der Waals surface area contributed by atoms with Gasteiger partial charge in [-0.25, -0.2) is 4.39 Å². The summed E-state index contributed by atoms with van der Waals surface area (Å²) in [6.07, 6.45) is 0.117. The summed E-state index contributed by atoms with van der Waals surface area (Å²) in [5, 5.41) is 2.86. The van der Waals surface area contributed by atoms with E-state index in [9.17, 15) is 14.0 Å². The fourth-order valence-electron chi connectivity index (χ4n) is 2.76. The summed E-state index contributed by atoms with van der Waals surface area (Å²) in [5.41, 5.74) is 2.80. The van der Waals surface area contributed by atoms with Crippen molar-refractivity contribution in [2.24, 2.45) is 0 Å². The van der Waals surface area contributed by atoms with Gasteiger partial charge in [0.25, 0.3) is 0 Å². The second kappa shape index (κ2) is 9.31. The molecule has 0 radical (unpaired) electrons. The molecule has 2 aromatic rings. The van der Waals surface area contributed by atoms with Gasteiger partial charge in [0.15, 0.2) is 0 Å². The number of aryl methyl sites for hydroxylation is 1. The minimum absolute atomic E-state index is 0.00613. The van der Waals surface area contributed by atoms with Crippen LogP contribution < -0.4 is 5.32 Å². The number of halogens is 1. The largest absolute Gasteiger partial charge is 0.352 e. The van der Waals surface area contributed by atoms with Crippen LogP contribution in [0, 0.1) is 12.7 Å². The molecule has 0 spiro atoms. The van der Waals surface area contributed by atoms with Gasteiger partial charge in [-0.15, -0.1) is 0 Å². The third kappa shape index (κ3) is 6.20. The maximum Gasteiger partial charge on any atom is 0.242 e. The number of nitrogens with zero attached hydrogens (tertiary/aromatic N) is 1. The van der Waals surface area contributed by atoms with E-state index in [0.717, 1.165) is 11.1 Å². The Morgan fingerprint density at radius 1 is 0.963 bits per heavy atom. The van der Waals surface area contributed by atoms with Crippen molar-refractivity contribution in [3.63, 3.8) is 0 Å². The molecule has 2 amide bonds. The van der Waals surface area contributed by atoms with E-state index in [1.54, 1.807) is 24.0 Å². The van der Waals surface area contributed by atoms with Crippen molar-refractivity contribution in [2.45, 2.75) is 52.7 Å². The van der Waals surface area contributed by atoms with E-state index in [1.165, 1.54) is 12.1 Å². The molecule has 0 aliphatic carbocycles. The summed E-state index contributed by atoms with van der Waals surface area (Å²) >= 11 is 0. The van der Waals surface area contributed by atoms with Gasteiger partial charge in [-0.1, -0.05) is 42.0 Å². The summed E-state index contributed by atoms with van der Waals surface area (Å²) < 4.78 is 13.1. The third-order valence-electron chi connectivity index (χ3n) is 4.34. The number of hydrogen-bond acceptors (Lipinski definition) is 2. The molecule has 1 unspecified atom stereocenters. The average molecular weight is 370 g/mol. The molecule has 4 nitrogen and oxygen atoms in total. The van der Waals surface area contributed by atoms with Crippen molar-refractivity contribution in [2.75, 3.05) is 0 Å². The van der Waals surface area contributed by atoms with E-state index in [2.05, 4.69) is 5.32 Å². The SMILES string of the molecule is Cc1ccc(CN(C(=O)Cc2ccc(F)cc2)C(C)C(=O)NC(C)C)cc1. The standard InChI is InChI=1S/C22H27FN2O2/c1-15(2)24-22(27)17(4)25(14-19-7-5-16(3)6-8-19)21(26)13-18-9-11-20(23)12-10-18/h5-12,15,17H,13-14H2,1-4H3,(H,24,27). The van der Waals surface area contributed by atoms with Crippen molar-refractivity contribution in [1.82, 2.24) is 10.2 Å². The zero-order valence-corrected chi connectivity index (χ0v) is 16.3. The molecule has 0 aromatic heterocycles. The zero-order chi connectivity index (χ0) is 20.0. The maximum atomic E-state index is 13.1. The molecule has 0 heterocycles. The number of amides is 2. The lowest BCUT2D eigenvalue weighted by molar-refractivity contribution is -0.140. The highest BCUT2D eigenvalue weighted by Gasteiger charge is 2.26. The summed E-state index contributed by atoms with van der Waals surface area (Å²) in [4.78, 5) is 27.0. The van der Waals surface area contributed by atoms with E-state index < -0.39 is 6.04 Å². The van der Waals surface area contributed by atoms with Gasteiger partial charge >= 0.3 is 0 Å². The molecule has 0 saturated heterocycles. The van der Waals surface area contributed by atoms with Crippen molar-refractivity contribution in [3.05, 3.63) is 71.0 Å². The first-order valence-electron chi connectivity index (χ1n) is 9.16. The minimum atomic E-state index is -0.610. The zero-order valence-electron chi connectivity index (χ0n) is 16.3. The summed E-state index contributed by atoms with van der Waals surface area (Å²) in [6.45, 7) is 7.84. The first-order chi connectivity index (χ1) is 12.8. The Kier molecular flexibility index (Phi) is 7.11. The molecule has 1 N–H and O–H groups in total. The fraction of sp³-hybridized carbons (Fsp3) is 0.364. The molecule has 0 aliphatic heterocycles. The quantitative estimate of drug-likeness (QED) is 0.809. The molecular weight excluding hydrogens is 343 g/mol. The third-order valence-corrected chi connectivity index (χ3v) is 4.34. The highest BCUT2D eigenvalue weighted by molar-refractivity contribution is 5.88. The second-order valence-corrected chi connectivity index (χ2v) is 7.15. The summed E-state index contributed by atoms with van der Waals surface area (Å²) in [5.74, 6) is -0.703. The number of rotatable bonds is 7. The van der Waals surface area contributed by atoms with Gasteiger partial charge in [0, 0.05) is 12.6 Å². The first kappa shape index (κ1) is 20.6. The molecule has 0 bridgehead atoms. The van der Waals surface area contributed by atoms with Crippen molar-refractivity contribution >= 4 is 11.8 Å². The Hall–Kier alpha value is -2.69. The lowest BCUT2D eigenvalue weighted by Gasteiger charge is -2.29. The van der Waals surface area contributed by atoms with E-state index in [1.807, 2.05) is 45.0 Å². The van der Waals surface area contributed by atoms with E-state index >= 15 is 0 Å². The predicted octanol–water partition coefficient (Wildman–Crippen LogP) is 3.62. The molecule has 0 fully saturated rings. The van der Waals surface area contributed by atoms with Gasteiger partial charge in [0.05, 0.1) is 6.42 Å². The van der Waals surface area contributed by atoms with Crippen LogP contribution in [-0.4, -0.2) is 28.8 Å². The summed E-state index contributed by atoms with van der Waals surface area (Å²) in [6, 6.07) is 13.1. The van der Waals surface area contributed by atoms with Crippen LogP contribution in [0.15, 0.2) is 48.5 Å². The number of benzene rings is 2. The van der Waals surface area contributed by atoms with E-state index in [4.69, 9.17) is 0 Å². The Morgan fingerprint density at radius 2 is 1.52 bits per heavy atom. The predicted molar refractivity (Wildman–Crippen MR) is 105 cm³/mol. The van der Waals surface area contributed by atoms with Crippen molar-refractivity contribution in [1.29, 1.82) is 0 Å². The first-order valence-corrected chi connectivity index (χ1v) is 9.16. The van der Waals surface area contributed by atoms with Crippen LogP contribution >= 0.6 is 0 Å². The highest BCUT2D eigenvalue weighted by Crippen LogP contribution is 2.14. The molecular formula is C22H27FN2O2. The van der Waals surface area contributed by atoms with E-state index in [0.29, 0.717) is 12.1 Å². The van der Waals surface area contributed by atoms with Gasteiger partial charge < -0.3 is 10.2 Å². The van der Waals surface area contributed by atoms with Crippen LogP contribution in [0.4, 0.5) is 4.39 Å². The molecule has 2 aromatic carbocycles. The van der Waals surface area contributed by atoms with E-state index in [-0.39, 0.29) is 30.1 Å². The number of hydrogen-bond donors (Lipinski definition) is 1. The van der Waals surface area contributed by atoms with Gasteiger partial charge in [0.1, 0.15) is 11.9 Å². The topological polar surface area (TPSA) is 49.4 Å². The Balaban J connectivity index is 2.21. The summed E-state index contributed by atoms with van der Waals surface area (Å²) in [7, 11) is 0. The number of nitrogens with one attached hydrogen (secondary N) is 1. The lowest BCUT2D eigenvalue weighted by atomic mass is 10.1. The fourth-order valence-corrected chi connectivity index (χ4v) is 2.76. The highest BCUT2D eigenvalue weighted by atomic mass is 19.1.